The van der Waals surface area contributed by atoms with Crippen molar-refractivity contribution in [2.75, 3.05) is 52.4 Å². The molecule has 8 heteroatoms. The predicted octanol–water partition coefficient (Wildman–Crippen LogP) is 3.04. The van der Waals surface area contributed by atoms with E-state index >= 15 is 0 Å². The van der Waals surface area contributed by atoms with Crippen LogP contribution in [0.25, 0.3) is 6.08 Å². The average Bonchev–Trinajstić information content (AvgIpc) is 2.99. The second-order valence-corrected chi connectivity index (χ2v) is 9.04. The van der Waals surface area contributed by atoms with Crippen LogP contribution >= 0.6 is 11.6 Å². The summed E-state index contributed by atoms with van der Waals surface area (Å²) in [4.78, 5) is 31.0. The molecular weight excluding hydrogens is 433 g/mol. The highest BCUT2D eigenvalue weighted by molar-refractivity contribution is 6.30. The van der Waals surface area contributed by atoms with Crippen LogP contribution in [0.15, 0.2) is 24.3 Å². The molecule has 2 aliphatic heterocycles. The Hall–Kier alpha value is -1.96. The lowest BCUT2D eigenvalue weighted by Gasteiger charge is -2.31. The summed E-state index contributed by atoms with van der Waals surface area (Å²) in [6, 6.07) is 4.31. The second kappa shape index (κ2) is 12.3. The van der Waals surface area contributed by atoms with E-state index in [-0.39, 0.29) is 16.8 Å². The number of likely N-dealkylation sites (tertiary alicyclic amines) is 1. The molecule has 0 atom stereocenters. The van der Waals surface area contributed by atoms with Crippen LogP contribution in [-0.2, 0) is 9.59 Å². The number of aliphatic hydroxyl groups excluding tert-OH is 1. The molecule has 2 amide bonds. The van der Waals surface area contributed by atoms with Gasteiger partial charge in [-0.1, -0.05) is 17.7 Å². The van der Waals surface area contributed by atoms with Gasteiger partial charge >= 0.3 is 0 Å². The van der Waals surface area contributed by atoms with E-state index in [0.29, 0.717) is 44.1 Å². The minimum Gasteiger partial charge on any atom is -0.396 e. The van der Waals surface area contributed by atoms with E-state index in [1.807, 2.05) is 4.90 Å². The lowest BCUT2D eigenvalue weighted by molar-refractivity contribution is -0.130. The van der Waals surface area contributed by atoms with Crippen LogP contribution in [0.4, 0.5) is 4.39 Å². The third-order valence-corrected chi connectivity index (χ3v) is 6.67. The van der Waals surface area contributed by atoms with Gasteiger partial charge in [0.05, 0.1) is 5.02 Å². The molecule has 6 nitrogen and oxygen atoms in total. The zero-order valence-corrected chi connectivity index (χ0v) is 19.3. The highest BCUT2D eigenvalue weighted by atomic mass is 35.5. The van der Waals surface area contributed by atoms with E-state index in [2.05, 4.69) is 4.90 Å². The molecule has 0 saturated carbocycles. The van der Waals surface area contributed by atoms with Crippen LogP contribution in [0.3, 0.4) is 0 Å². The Kier molecular flexibility index (Phi) is 9.51. The number of aliphatic hydroxyl groups is 1. The third-order valence-electron chi connectivity index (χ3n) is 6.38. The molecular formula is C24H33ClFN3O3. The first-order valence-corrected chi connectivity index (χ1v) is 11.9. The van der Waals surface area contributed by atoms with Gasteiger partial charge < -0.3 is 19.8 Å². The Balaban J connectivity index is 1.39. The monoisotopic (exact) mass is 465 g/mol. The molecule has 0 unspecified atom stereocenters. The van der Waals surface area contributed by atoms with Gasteiger partial charge in [-0.05, 0) is 75.0 Å². The molecule has 1 N–H and O–H groups in total. The number of hydrogen-bond acceptors (Lipinski definition) is 4. The smallest absolute Gasteiger partial charge is 0.246 e. The van der Waals surface area contributed by atoms with Crippen LogP contribution in [-0.4, -0.2) is 84.0 Å². The summed E-state index contributed by atoms with van der Waals surface area (Å²) in [6.45, 7) is 5.59. The number of carbonyl (C=O) groups is 2. The van der Waals surface area contributed by atoms with Crippen LogP contribution < -0.4 is 0 Å². The zero-order valence-electron chi connectivity index (χ0n) is 18.5. The standard InChI is InChI=1S/C24H33ClFN3O3/c25-21-17-19(3-5-22(21)26)4-6-23(31)29-14-9-24(32)28(15-16-29)11-2-1-10-27-12-7-20(18-30)8-13-27/h3-6,17,20,30H,1-2,7-16,18H2/b6-4+. The Morgan fingerprint density at radius 3 is 2.59 bits per heavy atom. The van der Waals surface area contributed by atoms with Crippen LogP contribution in [0.2, 0.25) is 5.02 Å². The first kappa shape index (κ1) is 24.7. The number of rotatable bonds is 8. The lowest BCUT2D eigenvalue weighted by Crippen LogP contribution is -2.37. The minimum atomic E-state index is -0.493. The zero-order chi connectivity index (χ0) is 22.9. The molecule has 2 aliphatic rings. The SMILES string of the molecule is O=C(/C=C/c1ccc(F)c(Cl)c1)N1CCC(=O)N(CCCCN2CCC(CO)CC2)CC1. The van der Waals surface area contributed by atoms with Crippen LogP contribution in [0.5, 0.6) is 0 Å². The Bertz CT molecular complexity index is 812. The molecule has 2 saturated heterocycles. The van der Waals surface area contributed by atoms with Gasteiger partial charge in [0.1, 0.15) is 5.82 Å². The maximum Gasteiger partial charge on any atom is 0.246 e. The van der Waals surface area contributed by atoms with Crippen molar-refractivity contribution in [3.63, 3.8) is 0 Å². The van der Waals surface area contributed by atoms with Crippen molar-refractivity contribution >= 4 is 29.5 Å². The van der Waals surface area contributed by atoms with Crippen LogP contribution in [0.1, 0.15) is 37.7 Å². The molecule has 1 aromatic carbocycles. The number of carbonyl (C=O) groups excluding carboxylic acids is 2. The topological polar surface area (TPSA) is 64.1 Å². The van der Waals surface area contributed by atoms with Gasteiger partial charge in [-0.3, -0.25) is 9.59 Å². The number of nitrogens with zero attached hydrogens (tertiary/aromatic N) is 3. The van der Waals surface area contributed by atoms with Gasteiger partial charge in [0.25, 0.3) is 0 Å². The van der Waals surface area contributed by atoms with Crippen molar-refractivity contribution in [3.05, 3.63) is 40.7 Å². The fourth-order valence-electron chi connectivity index (χ4n) is 4.24. The van der Waals surface area contributed by atoms with Gasteiger partial charge in [0, 0.05) is 45.3 Å². The number of piperidine rings is 1. The molecule has 0 aliphatic carbocycles. The second-order valence-electron chi connectivity index (χ2n) is 8.64. The van der Waals surface area contributed by atoms with Gasteiger partial charge in [0.15, 0.2) is 0 Å². The van der Waals surface area contributed by atoms with E-state index in [4.69, 9.17) is 11.6 Å². The molecule has 3 rings (SSSR count). The van der Waals surface area contributed by atoms with Crippen molar-refractivity contribution in [1.29, 1.82) is 0 Å². The third kappa shape index (κ3) is 7.29. The van der Waals surface area contributed by atoms with E-state index in [1.54, 1.807) is 17.0 Å². The molecule has 0 spiro atoms. The van der Waals surface area contributed by atoms with Gasteiger partial charge in [-0.2, -0.15) is 0 Å². The first-order valence-electron chi connectivity index (χ1n) is 11.5. The van der Waals surface area contributed by atoms with Gasteiger partial charge in [0.2, 0.25) is 11.8 Å². The summed E-state index contributed by atoms with van der Waals surface area (Å²) in [5.74, 6) is -0.104. The van der Waals surface area contributed by atoms with Crippen molar-refractivity contribution in [3.8, 4) is 0 Å². The molecule has 0 bridgehead atoms. The quantitative estimate of drug-likeness (QED) is 0.473. The van der Waals surface area contributed by atoms with Gasteiger partial charge in [-0.15, -0.1) is 0 Å². The Morgan fingerprint density at radius 1 is 1.12 bits per heavy atom. The lowest BCUT2D eigenvalue weighted by atomic mass is 9.98. The van der Waals surface area contributed by atoms with Gasteiger partial charge in [-0.25, -0.2) is 4.39 Å². The summed E-state index contributed by atoms with van der Waals surface area (Å²) in [5.41, 5.74) is 0.651. The normalized spacial score (nSPS) is 19.0. The Morgan fingerprint density at radius 2 is 1.88 bits per heavy atom. The number of halogens is 2. The molecule has 2 heterocycles. The fraction of sp³-hybridized carbons (Fsp3) is 0.583. The summed E-state index contributed by atoms with van der Waals surface area (Å²) in [6.07, 6.45) is 7.51. The van der Waals surface area contributed by atoms with Crippen molar-refractivity contribution in [1.82, 2.24) is 14.7 Å². The largest absolute Gasteiger partial charge is 0.396 e. The van der Waals surface area contributed by atoms with Crippen LogP contribution in [0, 0.1) is 11.7 Å². The highest BCUT2D eigenvalue weighted by Crippen LogP contribution is 2.18. The maximum atomic E-state index is 13.3. The molecule has 32 heavy (non-hydrogen) atoms. The highest BCUT2D eigenvalue weighted by Gasteiger charge is 2.23. The summed E-state index contributed by atoms with van der Waals surface area (Å²) in [7, 11) is 0. The number of benzene rings is 1. The number of hydrogen-bond donors (Lipinski definition) is 1. The summed E-state index contributed by atoms with van der Waals surface area (Å²) in [5, 5.41) is 9.25. The molecule has 0 aromatic heterocycles. The Labute approximate surface area is 194 Å². The predicted molar refractivity (Wildman–Crippen MR) is 124 cm³/mol. The van der Waals surface area contributed by atoms with Crippen molar-refractivity contribution in [2.24, 2.45) is 5.92 Å². The van der Waals surface area contributed by atoms with Crippen molar-refractivity contribution in [2.45, 2.75) is 32.1 Å². The molecule has 176 valence electrons. The number of unbranched alkanes of at least 4 members (excludes halogenated alkanes) is 1. The molecule has 1 aromatic rings. The minimum absolute atomic E-state index is 0.0188. The fourth-order valence-corrected chi connectivity index (χ4v) is 4.43. The van der Waals surface area contributed by atoms with E-state index < -0.39 is 5.82 Å². The molecule has 0 radical (unpaired) electrons. The summed E-state index contributed by atoms with van der Waals surface area (Å²) >= 11 is 5.78. The van der Waals surface area contributed by atoms with E-state index in [1.165, 1.54) is 18.2 Å². The number of amides is 2. The maximum absolute atomic E-state index is 13.3. The first-order chi connectivity index (χ1) is 15.5. The van der Waals surface area contributed by atoms with Crippen molar-refractivity contribution < 1.29 is 19.1 Å². The summed E-state index contributed by atoms with van der Waals surface area (Å²) < 4.78 is 13.3. The van der Waals surface area contributed by atoms with E-state index in [9.17, 15) is 19.1 Å². The van der Waals surface area contributed by atoms with E-state index in [0.717, 1.165) is 51.9 Å². The average molecular weight is 466 g/mol. The molecule has 2 fully saturated rings.